The summed E-state index contributed by atoms with van der Waals surface area (Å²) in [5.74, 6) is 0. The molecule has 3 nitrogen and oxygen atoms in total. The maximum atomic E-state index is 8.88. The van der Waals surface area contributed by atoms with Gasteiger partial charge in [0.2, 0.25) is 0 Å². The molecule has 0 fully saturated rings. The fourth-order valence-electron chi connectivity index (χ4n) is 1.20. The Morgan fingerprint density at radius 3 is 2.30 bits per heavy atom. The summed E-state index contributed by atoms with van der Waals surface area (Å²) in [6.07, 6.45) is 0.446. The zero-order valence-corrected chi connectivity index (χ0v) is 7.17. The summed E-state index contributed by atoms with van der Waals surface area (Å²) >= 11 is 0. The van der Waals surface area contributed by atoms with Gasteiger partial charge in [-0.05, 0) is 6.42 Å². The first-order chi connectivity index (χ1) is 4.48. The Morgan fingerprint density at radius 1 is 1.50 bits per heavy atom. The molecule has 0 aliphatic heterocycles. The molecule has 1 atom stereocenters. The van der Waals surface area contributed by atoms with Crippen molar-refractivity contribution < 1.29 is 9.59 Å². The summed E-state index contributed by atoms with van der Waals surface area (Å²) in [6, 6.07) is 0. The van der Waals surface area contributed by atoms with Crippen LogP contribution >= 0.6 is 0 Å². The fourth-order valence-corrected chi connectivity index (χ4v) is 1.20. The average molecular weight is 147 g/mol. The summed E-state index contributed by atoms with van der Waals surface area (Å²) in [4.78, 5) is 0. The number of likely N-dealkylation sites (N-methyl/N-ethyl adjacent to an activating group) is 1. The molecule has 0 aliphatic carbocycles. The van der Waals surface area contributed by atoms with Gasteiger partial charge in [-0.1, -0.05) is 6.92 Å². The number of quaternary nitrogens is 1. The fraction of sp³-hybridized carbons (Fsp3) is 1.00. The maximum Gasteiger partial charge on any atom is 0.152 e. The standard InChI is InChI=1S/C7H19N2O/c1-4-5-9(2,3)6-7(8)10/h7,10H,4-6,8H2,1-3H3/q+1. The van der Waals surface area contributed by atoms with Crippen LogP contribution in [0.1, 0.15) is 13.3 Å². The minimum absolute atomic E-state index is 0.633. The van der Waals surface area contributed by atoms with Gasteiger partial charge in [-0.3, -0.25) is 0 Å². The van der Waals surface area contributed by atoms with E-state index in [4.69, 9.17) is 10.8 Å². The third kappa shape index (κ3) is 4.73. The zero-order valence-electron chi connectivity index (χ0n) is 7.17. The molecule has 0 aromatic heterocycles. The molecule has 0 rings (SSSR count). The first-order valence-electron chi connectivity index (χ1n) is 3.73. The van der Waals surface area contributed by atoms with Gasteiger partial charge in [0, 0.05) is 0 Å². The number of nitrogens with zero attached hydrogens (tertiary/aromatic N) is 1. The lowest BCUT2D eigenvalue weighted by molar-refractivity contribution is -0.893. The Balaban J connectivity index is 3.63. The van der Waals surface area contributed by atoms with Gasteiger partial charge in [-0.25, -0.2) is 0 Å². The van der Waals surface area contributed by atoms with Crippen molar-refractivity contribution in [2.45, 2.75) is 19.6 Å². The van der Waals surface area contributed by atoms with Crippen LogP contribution in [-0.4, -0.2) is 43.0 Å². The highest BCUT2D eigenvalue weighted by Gasteiger charge is 2.15. The van der Waals surface area contributed by atoms with Crippen LogP contribution < -0.4 is 5.73 Å². The molecule has 0 spiro atoms. The van der Waals surface area contributed by atoms with Crippen LogP contribution in [0.15, 0.2) is 0 Å². The third-order valence-corrected chi connectivity index (χ3v) is 1.51. The van der Waals surface area contributed by atoms with Crippen LogP contribution in [0.5, 0.6) is 0 Å². The first-order valence-corrected chi connectivity index (χ1v) is 3.73. The van der Waals surface area contributed by atoms with Crippen LogP contribution in [-0.2, 0) is 0 Å². The van der Waals surface area contributed by atoms with Crippen molar-refractivity contribution in [3.63, 3.8) is 0 Å². The summed E-state index contributed by atoms with van der Waals surface area (Å²) in [5.41, 5.74) is 5.25. The maximum absolute atomic E-state index is 8.88. The van der Waals surface area contributed by atoms with E-state index in [1.807, 2.05) is 0 Å². The molecule has 0 bridgehead atoms. The van der Waals surface area contributed by atoms with Crippen molar-refractivity contribution in [3.05, 3.63) is 0 Å². The van der Waals surface area contributed by atoms with Gasteiger partial charge < -0.3 is 15.3 Å². The van der Waals surface area contributed by atoms with Crippen LogP contribution in [0.2, 0.25) is 0 Å². The number of hydrogen-bond donors (Lipinski definition) is 2. The lowest BCUT2D eigenvalue weighted by Gasteiger charge is -2.30. The van der Waals surface area contributed by atoms with Crippen molar-refractivity contribution in [2.24, 2.45) is 5.73 Å². The molecular formula is C7H19N2O+. The minimum Gasteiger partial charge on any atom is -0.373 e. The molecule has 3 heteroatoms. The van der Waals surface area contributed by atoms with Gasteiger partial charge in [0.25, 0.3) is 0 Å². The molecular weight excluding hydrogens is 128 g/mol. The Labute approximate surface area is 63.0 Å². The van der Waals surface area contributed by atoms with Crippen LogP contribution in [0, 0.1) is 0 Å². The highest BCUT2D eigenvalue weighted by molar-refractivity contribution is 4.40. The van der Waals surface area contributed by atoms with E-state index >= 15 is 0 Å². The van der Waals surface area contributed by atoms with E-state index in [2.05, 4.69) is 21.0 Å². The Kier molecular flexibility index (Phi) is 3.86. The second-order valence-electron chi connectivity index (χ2n) is 3.41. The van der Waals surface area contributed by atoms with Gasteiger partial charge >= 0.3 is 0 Å². The molecule has 0 amide bonds. The predicted octanol–water partition coefficient (Wildman–Crippen LogP) is -0.250. The molecule has 0 saturated heterocycles. The monoisotopic (exact) mass is 147 g/mol. The van der Waals surface area contributed by atoms with Gasteiger partial charge in [0.05, 0.1) is 20.6 Å². The average Bonchev–Trinajstić information content (AvgIpc) is 1.59. The van der Waals surface area contributed by atoms with Crippen molar-refractivity contribution >= 4 is 0 Å². The number of aliphatic hydroxyl groups excluding tert-OH is 1. The van der Waals surface area contributed by atoms with Gasteiger partial charge in [-0.2, -0.15) is 0 Å². The largest absolute Gasteiger partial charge is 0.373 e. The van der Waals surface area contributed by atoms with E-state index in [-0.39, 0.29) is 0 Å². The number of nitrogens with two attached hydrogens (primary N) is 1. The molecule has 3 N–H and O–H groups in total. The van der Waals surface area contributed by atoms with E-state index in [1.165, 1.54) is 0 Å². The van der Waals surface area contributed by atoms with E-state index in [9.17, 15) is 0 Å². The third-order valence-electron chi connectivity index (χ3n) is 1.51. The summed E-state index contributed by atoms with van der Waals surface area (Å²) < 4.78 is 0.800. The number of rotatable bonds is 4. The molecule has 0 aromatic carbocycles. The van der Waals surface area contributed by atoms with Crippen molar-refractivity contribution in [3.8, 4) is 0 Å². The second-order valence-corrected chi connectivity index (χ2v) is 3.41. The number of hydrogen-bond acceptors (Lipinski definition) is 2. The Bertz CT molecular complexity index is 91.6. The number of aliphatic hydroxyl groups is 1. The van der Waals surface area contributed by atoms with Crippen molar-refractivity contribution in [1.29, 1.82) is 0 Å². The lowest BCUT2D eigenvalue weighted by Crippen LogP contribution is -2.48. The first kappa shape index (κ1) is 9.88. The summed E-state index contributed by atoms with van der Waals surface area (Å²) in [5, 5.41) is 8.88. The van der Waals surface area contributed by atoms with E-state index < -0.39 is 6.23 Å². The molecule has 10 heavy (non-hydrogen) atoms. The van der Waals surface area contributed by atoms with Crippen LogP contribution in [0.4, 0.5) is 0 Å². The smallest absolute Gasteiger partial charge is 0.152 e. The highest BCUT2D eigenvalue weighted by Crippen LogP contribution is 1.98. The van der Waals surface area contributed by atoms with E-state index in [0.717, 1.165) is 17.4 Å². The zero-order chi connectivity index (χ0) is 8.20. The normalized spacial score (nSPS) is 15.3. The summed E-state index contributed by atoms with van der Waals surface area (Å²) in [7, 11) is 4.14. The lowest BCUT2D eigenvalue weighted by atomic mass is 10.3. The van der Waals surface area contributed by atoms with Gasteiger partial charge in [0.15, 0.2) is 6.23 Å². The van der Waals surface area contributed by atoms with E-state index in [0.29, 0.717) is 6.54 Å². The van der Waals surface area contributed by atoms with Crippen molar-refractivity contribution in [1.82, 2.24) is 0 Å². The SMILES string of the molecule is CCC[N+](C)(C)CC(N)O. The molecule has 0 heterocycles. The molecule has 0 aromatic rings. The molecule has 62 valence electrons. The van der Waals surface area contributed by atoms with E-state index in [1.54, 1.807) is 0 Å². The molecule has 1 unspecified atom stereocenters. The summed E-state index contributed by atoms with van der Waals surface area (Å²) in [6.45, 7) is 3.82. The quantitative estimate of drug-likeness (QED) is 0.425. The topological polar surface area (TPSA) is 46.2 Å². The van der Waals surface area contributed by atoms with Crippen LogP contribution in [0.3, 0.4) is 0 Å². The highest BCUT2D eigenvalue weighted by atomic mass is 16.3. The van der Waals surface area contributed by atoms with Gasteiger partial charge in [0.1, 0.15) is 6.54 Å². The second kappa shape index (κ2) is 3.91. The molecule has 0 aliphatic rings. The van der Waals surface area contributed by atoms with Gasteiger partial charge in [-0.15, -0.1) is 0 Å². The van der Waals surface area contributed by atoms with Crippen molar-refractivity contribution in [2.75, 3.05) is 27.2 Å². The Morgan fingerprint density at radius 2 is 2.00 bits per heavy atom. The predicted molar refractivity (Wildman–Crippen MR) is 42.3 cm³/mol. The van der Waals surface area contributed by atoms with Crippen LogP contribution in [0.25, 0.3) is 0 Å². The minimum atomic E-state index is -0.679. The molecule has 0 radical (unpaired) electrons. The molecule has 0 saturated carbocycles. The Hall–Kier alpha value is -0.120.